The van der Waals surface area contributed by atoms with Gasteiger partial charge in [0.25, 0.3) is 5.69 Å². The maximum absolute atomic E-state index is 10.3. The molecule has 0 heterocycles. The summed E-state index contributed by atoms with van der Waals surface area (Å²) in [4.78, 5) is 9.81. The first kappa shape index (κ1) is 18.9. The standard InChI is InChI=1S/C7H7N3O3.3ClH.Zn/c1-13-7-4-5(10(11)12)2-3-6(7)9-8;;;;/h2-4,8H,1H3;3*1H;/q;;;;+2/p-2. The van der Waals surface area contributed by atoms with Crippen molar-refractivity contribution in [2.45, 2.75) is 0 Å². The third kappa shape index (κ3) is 6.73. The van der Waals surface area contributed by atoms with E-state index in [4.69, 9.17) is 29.7 Å². The molecular formula is C7H8Cl3N3O3Zn. The summed E-state index contributed by atoms with van der Waals surface area (Å²) >= 11 is -0.931. The van der Waals surface area contributed by atoms with E-state index in [2.05, 4.69) is 5.11 Å². The Bertz CT molecular complexity index is 381. The number of methoxy groups -OCH3 is 1. The average Bonchev–Trinajstić information content (AvgIpc) is 2.29. The molecule has 1 aromatic carbocycles. The molecule has 6 nitrogen and oxygen atoms in total. The van der Waals surface area contributed by atoms with Gasteiger partial charge in [-0.15, -0.1) is 12.4 Å². The molecule has 0 unspecified atom stereocenters. The van der Waals surface area contributed by atoms with E-state index in [0.717, 1.165) is 0 Å². The number of nitro groups is 1. The normalized spacial score (nSPS) is 7.71. The van der Waals surface area contributed by atoms with E-state index in [0.29, 0.717) is 0 Å². The van der Waals surface area contributed by atoms with Crippen molar-refractivity contribution in [3.63, 3.8) is 0 Å². The molecule has 0 spiro atoms. The summed E-state index contributed by atoms with van der Waals surface area (Å²) in [6.45, 7) is 0. The van der Waals surface area contributed by atoms with Gasteiger partial charge in [0.15, 0.2) is 5.75 Å². The van der Waals surface area contributed by atoms with Gasteiger partial charge < -0.3 is 4.74 Å². The van der Waals surface area contributed by atoms with Gasteiger partial charge in [-0.3, -0.25) is 10.1 Å². The summed E-state index contributed by atoms with van der Waals surface area (Å²) < 4.78 is 4.81. The molecule has 0 aromatic heterocycles. The summed E-state index contributed by atoms with van der Waals surface area (Å²) in [6.07, 6.45) is 0. The predicted octanol–water partition coefficient (Wildman–Crippen LogP) is 4.06. The Balaban J connectivity index is 0. The number of halogens is 3. The second-order valence-corrected chi connectivity index (χ2v) is 6.95. The van der Waals surface area contributed by atoms with Crippen molar-refractivity contribution in [1.82, 2.24) is 0 Å². The molecule has 1 N–H and O–H groups in total. The molecule has 0 saturated heterocycles. The van der Waals surface area contributed by atoms with Crippen molar-refractivity contribution >= 4 is 43.2 Å². The number of hydrogen-bond acceptors (Lipinski definition) is 5. The van der Waals surface area contributed by atoms with E-state index in [1.807, 2.05) is 0 Å². The van der Waals surface area contributed by atoms with Gasteiger partial charge in [-0.25, -0.2) is 5.53 Å². The Morgan fingerprint density at radius 1 is 1.53 bits per heavy atom. The molecule has 0 bridgehead atoms. The fourth-order valence-electron chi connectivity index (χ4n) is 0.872. The molecule has 1 rings (SSSR count). The summed E-state index contributed by atoms with van der Waals surface area (Å²) in [5.41, 5.74) is 6.93. The zero-order valence-corrected chi connectivity index (χ0v) is 14.0. The van der Waals surface area contributed by atoms with Crippen LogP contribution in [0.2, 0.25) is 0 Å². The van der Waals surface area contributed by atoms with Gasteiger partial charge in [-0.05, 0) is 6.07 Å². The topological polar surface area (TPSA) is 88.6 Å². The van der Waals surface area contributed by atoms with Crippen LogP contribution in [0, 0.1) is 15.6 Å². The summed E-state index contributed by atoms with van der Waals surface area (Å²) in [5.74, 6) is 0.226. The predicted molar refractivity (Wildman–Crippen MR) is 63.4 cm³/mol. The number of rotatable bonds is 3. The molecule has 0 aliphatic heterocycles. The molecule has 0 aliphatic rings. The molecule has 0 fully saturated rings. The van der Waals surface area contributed by atoms with Crippen LogP contribution < -0.4 is 4.74 Å². The first-order valence-electron chi connectivity index (χ1n) is 3.92. The third-order valence-electron chi connectivity index (χ3n) is 1.49. The summed E-state index contributed by atoms with van der Waals surface area (Å²) in [5, 5.41) is 13.5. The summed E-state index contributed by atoms with van der Waals surface area (Å²) in [6, 6.07) is 3.87. The third-order valence-corrected chi connectivity index (χ3v) is 1.49. The average molecular weight is 354 g/mol. The maximum atomic E-state index is 10.3. The Hall–Kier alpha value is -0.487. The first-order chi connectivity index (χ1) is 7.60. The van der Waals surface area contributed by atoms with Crippen molar-refractivity contribution in [3.8, 4) is 5.75 Å². The molecule has 1 aromatic rings. The van der Waals surface area contributed by atoms with E-state index in [1.165, 1.54) is 25.3 Å². The van der Waals surface area contributed by atoms with Crippen LogP contribution in [0.15, 0.2) is 23.3 Å². The van der Waals surface area contributed by atoms with E-state index in [1.54, 1.807) is 0 Å². The van der Waals surface area contributed by atoms with Crippen LogP contribution in [-0.2, 0) is 15.1 Å². The molecule has 0 radical (unpaired) electrons. The van der Waals surface area contributed by atoms with Crippen molar-refractivity contribution < 1.29 is 24.8 Å². The van der Waals surface area contributed by atoms with Gasteiger partial charge in [0.1, 0.15) is 5.69 Å². The van der Waals surface area contributed by atoms with E-state index in [9.17, 15) is 10.1 Å². The van der Waals surface area contributed by atoms with Crippen molar-refractivity contribution in [3.05, 3.63) is 28.3 Å². The molecule has 0 amide bonds. The van der Waals surface area contributed by atoms with Crippen LogP contribution in [0.5, 0.6) is 5.75 Å². The van der Waals surface area contributed by atoms with Crippen LogP contribution in [0.4, 0.5) is 11.4 Å². The van der Waals surface area contributed by atoms with Gasteiger partial charge >= 0.3 is 34.5 Å². The number of nitrogens with one attached hydrogen (secondary N) is 1. The number of nitro benzene ring substituents is 1. The number of benzene rings is 1. The molecule has 10 heteroatoms. The molecule has 0 atom stereocenters. The Kier molecular flexibility index (Phi) is 11.8. The van der Waals surface area contributed by atoms with Gasteiger partial charge in [0.2, 0.25) is 0 Å². The van der Waals surface area contributed by atoms with Crippen LogP contribution in [0.1, 0.15) is 0 Å². The van der Waals surface area contributed by atoms with Crippen molar-refractivity contribution in [1.29, 1.82) is 5.53 Å². The van der Waals surface area contributed by atoms with Crippen LogP contribution >= 0.6 is 31.8 Å². The molecular weight excluding hydrogens is 346 g/mol. The van der Waals surface area contributed by atoms with Crippen LogP contribution in [0.25, 0.3) is 0 Å². The SMILES string of the molecule is COc1cc([N+](=O)[O-])ccc1N=N.Cl.[Cl][Zn][Cl]. The summed E-state index contributed by atoms with van der Waals surface area (Å²) in [7, 11) is 11.3. The van der Waals surface area contributed by atoms with Gasteiger partial charge in [0.05, 0.1) is 18.1 Å². The van der Waals surface area contributed by atoms with Crippen LogP contribution in [-0.4, -0.2) is 12.0 Å². The molecule has 92 valence electrons. The monoisotopic (exact) mass is 351 g/mol. The van der Waals surface area contributed by atoms with E-state index >= 15 is 0 Å². The quantitative estimate of drug-likeness (QED) is 0.384. The Morgan fingerprint density at radius 2 is 2.06 bits per heavy atom. The number of non-ortho nitro benzene ring substituents is 1. The number of hydrogen-bond donors (Lipinski definition) is 1. The molecule has 17 heavy (non-hydrogen) atoms. The Morgan fingerprint density at radius 3 is 2.41 bits per heavy atom. The van der Waals surface area contributed by atoms with E-state index < -0.39 is 20.1 Å². The first-order valence-corrected chi connectivity index (χ1v) is 11.7. The minimum absolute atomic E-state index is 0. The zero-order chi connectivity index (χ0) is 12.6. The second-order valence-electron chi connectivity index (χ2n) is 2.33. The van der Waals surface area contributed by atoms with Crippen molar-refractivity contribution in [2.75, 3.05) is 7.11 Å². The number of nitrogens with zero attached hydrogens (tertiary/aromatic N) is 2. The fraction of sp³-hybridized carbons (Fsp3) is 0.143. The Labute approximate surface area is 119 Å². The van der Waals surface area contributed by atoms with E-state index in [-0.39, 0.29) is 29.5 Å². The van der Waals surface area contributed by atoms with Gasteiger partial charge in [-0.2, -0.15) is 5.11 Å². The zero-order valence-electron chi connectivity index (χ0n) is 8.72. The molecule has 0 saturated carbocycles. The fourth-order valence-corrected chi connectivity index (χ4v) is 0.872. The minimum atomic E-state index is -0.931. The van der Waals surface area contributed by atoms with Crippen molar-refractivity contribution in [2.24, 2.45) is 5.11 Å². The van der Waals surface area contributed by atoms with Gasteiger partial charge in [-0.1, -0.05) is 0 Å². The second kappa shape index (κ2) is 10.7. The molecule has 0 aliphatic carbocycles. The number of ether oxygens (including phenoxy) is 1. The van der Waals surface area contributed by atoms with Crippen LogP contribution in [0.3, 0.4) is 0 Å². The van der Waals surface area contributed by atoms with Gasteiger partial charge in [0, 0.05) is 6.07 Å².